The number of fused-ring (bicyclic) bond motifs is 1. The summed E-state index contributed by atoms with van der Waals surface area (Å²) in [5.74, 6) is 0. The smallest absolute Gasteiger partial charge is 0.411 e. The monoisotopic (exact) mass is 295 g/mol. The molecule has 1 atom stereocenters. The first-order valence-electron chi connectivity index (χ1n) is 6.52. The average Bonchev–Trinajstić information content (AvgIpc) is 2.35. The van der Waals surface area contributed by atoms with Crippen molar-refractivity contribution in [3.8, 4) is 0 Å². The van der Waals surface area contributed by atoms with Crippen molar-refractivity contribution >= 4 is 24.0 Å². The van der Waals surface area contributed by atoms with Crippen LogP contribution in [0.4, 0.5) is 4.79 Å². The van der Waals surface area contributed by atoms with Crippen molar-refractivity contribution < 1.29 is 14.3 Å². The standard InChI is InChI=1S/C15H18ClNO3/c1-15(2,3)20-14(19)17-8-11-6-12(16)5-4-10(11)7-13(17)9-18/h4-6,9,13H,7-8H2,1-3H3. The topological polar surface area (TPSA) is 46.6 Å². The second-order valence-corrected chi connectivity index (χ2v) is 6.37. The molecule has 108 valence electrons. The van der Waals surface area contributed by atoms with E-state index in [1.807, 2.05) is 12.1 Å². The molecule has 5 heteroatoms. The molecule has 4 nitrogen and oxygen atoms in total. The molecule has 0 aromatic heterocycles. The number of halogens is 1. The van der Waals surface area contributed by atoms with Crippen molar-refractivity contribution in [3.63, 3.8) is 0 Å². The fourth-order valence-electron chi connectivity index (χ4n) is 2.22. The first-order valence-corrected chi connectivity index (χ1v) is 6.90. The Hall–Kier alpha value is -1.55. The van der Waals surface area contributed by atoms with Crippen molar-refractivity contribution in [2.75, 3.05) is 0 Å². The van der Waals surface area contributed by atoms with Gasteiger partial charge in [0.2, 0.25) is 0 Å². The molecule has 2 rings (SSSR count). The van der Waals surface area contributed by atoms with Gasteiger partial charge in [-0.15, -0.1) is 0 Å². The molecule has 0 aliphatic carbocycles. The maximum atomic E-state index is 12.2. The minimum atomic E-state index is -0.584. The summed E-state index contributed by atoms with van der Waals surface area (Å²) in [4.78, 5) is 24.9. The Morgan fingerprint density at radius 3 is 2.70 bits per heavy atom. The highest BCUT2D eigenvalue weighted by Crippen LogP contribution is 2.26. The van der Waals surface area contributed by atoms with E-state index in [4.69, 9.17) is 16.3 Å². The summed E-state index contributed by atoms with van der Waals surface area (Å²) in [6.07, 6.45) is 0.816. The van der Waals surface area contributed by atoms with Crippen LogP contribution in [-0.4, -0.2) is 28.9 Å². The van der Waals surface area contributed by atoms with E-state index in [0.29, 0.717) is 18.0 Å². The zero-order valence-electron chi connectivity index (χ0n) is 11.9. The lowest BCUT2D eigenvalue weighted by atomic mass is 9.95. The molecule has 0 bridgehead atoms. The molecule has 1 amide bonds. The summed E-state index contributed by atoms with van der Waals surface area (Å²) in [6, 6.07) is 5.04. The van der Waals surface area contributed by atoms with E-state index in [2.05, 4.69) is 0 Å². The van der Waals surface area contributed by atoms with Gasteiger partial charge in [0.05, 0.1) is 12.6 Å². The van der Waals surface area contributed by atoms with E-state index in [1.54, 1.807) is 26.8 Å². The molecular weight excluding hydrogens is 278 g/mol. The predicted octanol–water partition coefficient (Wildman–Crippen LogP) is 3.20. The van der Waals surface area contributed by atoms with Crippen molar-refractivity contribution in [1.29, 1.82) is 0 Å². The lowest BCUT2D eigenvalue weighted by Crippen LogP contribution is -2.47. The number of aldehydes is 1. The molecule has 0 fully saturated rings. The number of rotatable bonds is 1. The molecule has 0 saturated heterocycles. The van der Waals surface area contributed by atoms with Gasteiger partial charge in [0, 0.05) is 11.4 Å². The lowest BCUT2D eigenvalue weighted by Gasteiger charge is -2.35. The number of benzene rings is 1. The zero-order chi connectivity index (χ0) is 14.9. The van der Waals surface area contributed by atoms with Gasteiger partial charge in [-0.2, -0.15) is 0 Å². The molecule has 1 unspecified atom stereocenters. The number of hydrogen-bond acceptors (Lipinski definition) is 3. The van der Waals surface area contributed by atoms with Gasteiger partial charge < -0.3 is 9.53 Å². The minimum Gasteiger partial charge on any atom is -0.444 e. The fourth-order valence-corrected chi connectivity index (χ4v) is 2.41. The zero-order valence-corrected chi connectivity index (χ0v) is 12.6. The normalized spacial score (nSPS) is 18.4. The highest BCUT2D eigenvalue weighted by molar-refractivity contribution is 6.30. The van der Waals surface area contributed by atoms with Crippen LogP contribution in [0.5, 0.6) is 0 Å². The Balaban J connectivity index is 2.25. The van der Waals surface area contributed by atoms with E-state index in [9.17, 15) is 9.59 Å². The van der Waals surface area contributed by atoms with E-state index < -0.39 is 17.7 Å². The van der Waals surface area contributed by atoms with Crippen LogP contribution in [0.3, 0.4) is 0 Å². The number of carbonyl (C=O) groups is 2. The molecule has 20 heavy (non-hydrogen) atoms. The maximum Gasteiger partial charge on any atom is 0.411 e. The van der Waals surface area contributed by atoms with Crippen LogP contribution in [0.25, 0.3) is 0 Å². The van der Waals surface area contributed by atoms with Crippen LogP contribution in [0.2, 0.25) is 5.02 Å². The molecule has 0 spiro atoms. The van der Waals surface area contributed by atoms with Crippen LogP contribution in [0.15, 0.2) is 18.2 Å². The first kappa shape index (κ1) is 14.9. The number of amides is 1. The van der Waals surface area contributed by atoms with Crippen LogP contribution in [-0.2, 0) is 22.5 Å². The van der Waals surface area contributed by atoms with Gasteiger partial charge in [0.1, 0.15) is 11.9 Å². The molecule has 0 radical (unpaired) electrons. The third-order valence-corrected chi connectivity index (χ3v) is 3.36. The number of hydrogen-bond donors (Lipinski definition) is 0. The Morgan fingerprint density at radius 2 is 2.10 bits per heavy atom. The van der Waals surface area contributed by atoms with Crippen molar-refractivity contribution in [3.05, 3.63) is 34.3 Å². The summed E-state index contributed by atoms with van der Waals surface area (Å²) >= 11 is 5.98. The van der Waals surface area contributed by atoms with Gasteiger partial charge in [-0.05, 0) is 44.0 Å². The Kier molecular flexibility index (Phi) is 4.04. The highest BCUT2D eigenvalue weighted by Gasteiger charge is 2.32. The van der Waals surface area contributed by atoms with E-state index in [-0.39, 0.29) is 0 Å². The van der Waals surface area contributed by atoms with E-state index in [0.717, 1.165) is 17.4 Å². The lowest BCUT2D eigenvalue weighted by molar-refractivity contribution is -0.113. The van der Waals surface area contributed by atoms with Crippen LogP contribution in [0.1, 0.15) is 31.9 Å². The Bertz CT molecular complexity index is 536. The fraction of sp³-hybridized carbons (Fsp3) is 0.467. The van der Waals surface area contributed by atoms with Gasteiger partial charge in [-0.25, -0.2) is 4.79 Å². The van der Waals surface area contributed by atoms with Crippen molar-refractivity contribution in [1.82, 2.24) is 4.90 Å². The maximum absolute atomic E-state index is 12.2. The average molecular weight is 296 g/mol. The Morgan fingerprint density at radius 1 is 1.40 bits per heavy atom. The van der Waals surface area contributed by atoms with E-state index in [1.165, 1.54) is 4.90 Å². The molecule has 1 heterocycles. The summed E-state index contributed by atoms with van der Waals surface area (Å²) in [5, 5.41) is 0.623. The summed E-state index contributed by atoms with van der Waals surface area (Å²) in [7, 11) is 0. The van der Waals surface area contributed by atoms with Crippen LogP contribution in [0, 0.1) is 0 Å². The SMILES string of the molecule is CC(C)(C)OC(=O)N1Cc2cc(Cl)ccc2CC1C=O. The van der Waals surface area contributed by atoms with Gasteiger partial charge in [0.25, 0.3) is 0 Å². The Labute approximate surface area is 123 Å². The third-order valence-electron chi connectivity index (χ3n) is 3.12. The van der Waals surface area contributed by atoms with E-state index >= 15 is 0 Å². The molecular formula is C15H18ClNO3. The quantitative estimate of drug-likeness (QED) is 0.748. The molecule has 0 N–H and O–H groups in total. The van der Waals surface area contributed by atoms with Gasteiger partial charge in [-0.3, -0.25) is 4.90 Å². The first-order chi connectivity index (χ1) is 9.30. The second kappa shape index (κ2) is 5.44. The second-order valence-electron chi connectivity index (χ2n) is 5.93. The van der Waals surface area contributed by atoms with Crippen molar-refractivity contribution in [2.45, 2.75) is 45.4 Å². The van der Waals surface area contributed by atoms with Gasteiger partial charge in [0.15, 0.2) is 0 Å². The minimum absolute atomic E-state index is 0.341. The largest absolute Gasteiger partial charge is 0.444 e. The van der Waals surface area contributed by atoms with Crippen LogP contribution >= 0.6 is 11.6 Å². The molecule has 1 aliphatic heterocycles. The predicted molar refractivity (Wildman–Crippen MR) is 76.8 cm³/mol. The summed E-state index contributed by atoms with van der Waals surface area (Å²) < 4.78 is 5.35. The number of carbonyl (C=O) groups excluding carboxylic acids is 2. The molecule has 1 aliphatic rings. The van der Waals surface area contributed by atoms with Crippen LogP contribution < -0.4 is 0 Å². The van der Waals surface area contributed by atoms with Gasteiger partial charge in [-0.1, -0.05) is 17.7 Å². The van der Waals surface area contributed by atoms with Gasteiger partial charge >= 0.3 is 6.09 Å². The number of nitrogens with zero attached hydrogens (tertiary/aromatic N) is 1. The summed E-state index contributed by atoms with van der Waals surface area (Å²) in [5.41, 5.74) is 1.42. The molecule has 1 aromatic rings. The highest BCUT2D eigenvalue weighted by atomic mass is 35.5. The third kappa shape index (κ3) is 3.31. The molecule has 0 saturated carbocycles. The number of ether oxygens (including phenoxy) is 1. The molecule has 1 aromatic carbocycles. The van der Waals surface area contributed by atoms with Crippen molar-refractivity contribution in [2.24, 2.45) is 0 Å². The summed E-state index contributed by atoms with van der Waals surface area (Å²) in [6.45, 7) is 5.74.